The fourth-order valence-electron chi connectivity index (χ4n) is 7.08. The predicted molar refractivity (Wildman–Crippen MR) is 140 cm³/mol. The first-order valence-corrected chi connectivity index (χ1v) is 13.6. The Balaban J connectivity index is 1.10. The van der Waals surface area contributed by atoms with Gasteiger partial charge in [-0.05, 0) is 82.2 Å². The van der Waals surface area contributed by atoms with Crippen LogP contribution in [0, 0.1) is 24.1 Å². The third-order valence-electron chi connectivity index (χ3n) is 9.05. The number of carbonyl (C=O) groups excluding carboxylic acids is 1. The largest absolute Gasteiger partial charge is 0.444 e. The van der Waals surface area contributed by atoms with E-state index in [1.165, 1.54) is 12.5 Å². The van der Waals surface area contributed by atoms with Crippen LogP contribution in [0.15, 0.2) is 36.5 Å². The van der Waals surface area contributed by atoms with Crippen LogP contribution in [0.5, 0.6) is 0 Å². The molecule has 5 aliphatic rings. The van der Waals surface area contributed by atoms with E-state index in [1.807, 2.05) is 37.5 Å². The molecule has 1 aromatic carbocycles. The minimum absolute atomic E-state index is 0.157. The van der Waals surface area contributed by atoms with E-state index < -0.39 is 17.3 Å². The number of aromatic nitrogens is 3. The fraction of sp³-hybridized carbons (Fsp3) is 0.552. The molecule has 38 heavy (non-hydrogen) atoms. The molecule has 2 bridgehead atoms. The molecule has 1 N–H and O–H groups in total. The zero-order valence-corrected chi connectivity index (χ0v) is 22.3. The van der Waals surface area contributed by atoms with E-state index in [-0.39, 0.29) is 23.2 Å². The van der Waals surface area contributed by atoms with Crippen LogP contribution in [0.2, 0.25) is 0 Å². The van der Waals surface area contributed by atoms with Crippen molar-refractivity contribution in [3.63, 3.8) is 0 Å². The van der Waals surface area contributed by atoms with Gasteiger partial charge in [0.2, 0.25) is 0 Å². The van der Waals surface area contributed by atoms with Gasteiger partial charge in [0, 0.05) is 24.4 Å². The molecule has 4 atom stereocenters. The quantitative estimate of drug-likeness (QED) is 0.538. The maximum atomic E-state index is 13.8. The molecule has 3 aromatic rings. The van der Waals surface area contributed by atoms with Crippen LogP contribution in [-0.2, 0) is 15.1 Å². The normalized spacial score (nSPS) is 29.1. The Morgan fingerprint density at radius 1 is 1.26 bits per heavy atom. The molecule has 3 saturated heterocycles. The molecule has 2 aliphatic carbocycles. The highest BCUT2D eigenvalue weighted by atomic mass is 19.1. The Bertz CT molecular complexity index is 1440. The Morgan fingerprint density at radius 2 is 2.08 bits per heavy atom. The SMILES string of the molecule is Cc1cc(N2CC3(CCC3c3cccc(F)c3)C2)cn2nc(C34CC(CO3)C4NC(=O)OC(C)(C)C)nc12. The van der Waals surface area contributed by atoms with E-state index in [1.54, 1.807) is 6.07 Å². The molecular weight excluding hydrogens is 485 g/mol. The number of amides is 1. The van der Waals surface area contributed by atoms with Crippen molar-refractivity contribution in [2.24, 2.45) is 11.3 Å². The molecule has 4 unspecified atom stereocenters. The zero-order valence-electron chi connectivity index (χ0n) is 22.3. The standard InChI is InChI=1S/C29H34FN5O3/c1-17-10-21(34-15-28(16-34)9-8-22(28)18-6-5-7-20(30)11-18)13-35-24(17)32-25(33-35)29-12-19(14-37-29)23(29)31-26(36)38-27(2,3)4/h5-7,10-11,13,19,22-23H,8-9,12,14-16H2,1-4H3,(H,31,36). The monoisotopic (exact) mass is 519 g/mol. The van der Waals surface area contributed by atoms with E-state index >= 15 is 0 Å². The van der Waals surface area contributed by atoms with Gasteiger partial charge >= 0.3 is 6.09 Å². The van der Waals surface area contributed by atoms with Gasteiger partial charge in [-0.15, -0.1) is 5.10 Å². The summed E-state index contributed by atoms with van der Waals surface area (Å²) in [6.07, 6.45) is 4.67. The summed E-state index contributed by atoms with van der Waals surface area (Å²) in [4.78, 5) is 19.8. The van der Waals surface area contributed by atoms with Crippen molar-refractivity contribution in [3.8, 4) is 0 Å². The summed E-state index contributed by atoms with van der Waals surface area (Å²) < 4.78 is 27.4. The summed E-state index contributed by atoms with van der Waals surface area (Å²) in [5, 5.41) is 7.88. The van der Waals surface area contributed by atoms with Crippen molar-refractivity contribution < 1.29 is 18.7 Å². The lowest BCUT2D eigenvalue weighted by Gasteiger charge is -2.61. The number of nitrogens with one attached hydrogen (secondary N) is 1. The average Bonchev–Trinajstić information content (AvgIpc) is 3.48. The van der Waals surface area contributed by atoms with Crippen LogP contribution in [0.3, 0.4) is 0 Å². The molecule has 3 aliphatic heterocycles. The third-order valence-corrected chi connectivity index (χ3v) is 9.05. The third kappa shape index (κ3) is 3.54. The second kappa shape index (κ2) is 7.91. The molecule has 200 valence electrons. The van der Waals surface area contributed by atoms with Crippen LogP contribution >= 0.6 is 0 Å². The summed E-state index contributed by atoms with van der Waals surface area (Å²) in [6, 6.07) is 9.06. The molecule has 8 rings (SSSR count). The van der Waals surface area contributed by atoms with E-state index in [2.05, 4.69) is 29.3 Å². The van der Waals surface area contributed by atoms with Crippen LogP contribution in [0.1, 0.15) is 62.9 Å². The van der Waals surface area contributed by atoms with Crippen LogP contribution in [0.4, 0.5) is 14.9 Å². The van der Waals surface area contributed by atoms with Crippen LogP contribution in [-0.4, -0.2) is 52.0 Å². The van der Waals surface area contributed by atoms with Gasteiger partial charge in [-0.25, -0.2) is 18.7 Å². The number of carbonyl (C=O) groups is 1. The molecule has 2 aromatic heterocycles. The lowest BCUT2D eigenvalue weighted by molar-refractivity contribution is -0.0448. The highest BCUT2D eigenvalue weighted by molar-refractivity contribution is 5.69. The second-order valence-corrected chi connectivity index (χ2v) is 12.7. The Morgan fingerprint density at radius 3 is 2.76 bits per heavy atom. The smallest absolute Gasteiger partial charge is 0.407 e. The van der Waals surface area contributed by atoms with Crippen molar-refractivity contribution in [2.45, 2.75) is 70.1 Å². The van der Waals surface area contributed by atoms with Crippen molar-refractivity contribution in [1.29, 1.82) is 0 Å². The number of aryl methyl sites for hydroxylation is 1. The Labute approximate surface area is 221 Å². The maximum Gasteiger partial charge on any atom is 0.407 e. The van der Waals surface area contributed by atoms with Crippen molar-refractivity contribution in [2.75, 3.05) is 24.6 Å². The molecular formula is C29H34FN5O3. The summed E-state index contributed by atoms with van der Waals surface area (Å²) in [5.41, 5.74) is 3.01. The first-order valence-electron chi connectivity index (χ1n) is 13.6. The van der Waals surface area contributed by atoms with E-state index in [9.17, 15) is 9.18 Å². The van der Waals surface area contributed by atoms with Crippen molar-refractivity contribution in [3.05, 3.63) is 59.3 Å². The summed E-state index contributed by atoms with van der Waals surface area (Å²) in [5.74, 6) is 1.10. The van der Waals surface area contributed by atoms with Gasteiger partial charge in [-0.2, -0.15) is 0 Å². The first-order chi connectivity index (χ1) is 18.1. The number of hydrogen-bond donors (Lipinski definition) is 1. The number of fused-ring (bicyclic) bond motifs is 2. The zero-order chi connectivity index (χ0) is 26.4. The number of benzene rings is 1. The number of alkyl carbamates (subject to hydrolysis) is 1. The van der Waals surface area contributed by atoms with Gasteiger partial charge in [0.1, 0.15) is 11.4 Å². The number of halogens is 1. The van der Waals surface area contributed by atoms with Gasteiger partial charge in [-0.1, -0.05) is 12.1 Å². The van der Waals surface area contributed by atoms with Gasteiger partial charge in [0.15, 0.2) is 17.1 Å². The Kier molecular flexibility index (Phi) is 4.97. The molecule has 0 radical (unpaired) electrons. The number of hydrogen-bond acceptors (Lipinski definition) is 6. The number of rotatable bonds is 4. The average molecular weight is 520 g/mol. The van der Waals surface area contributed by atoms with E-state index in [0.717, 1.165) is 48.4 Å². The van der Waals surface area contributed by atoms with Gasteiger partial charge < -0.3 is 19.7 Å². The van der Waals surface area contributed by atoms with E-state index in [0.29, 0.717) is 18.3 Å². The van der Waals surface area contributed by atoms with Gasteiger partial charge in [0.05, 0.1) is 24.5 Å². The van der Waals surface area contributed by atoms with Gasteiger partial charge in [0.25, 0.3) is 0 Å². The van der Waals surface area contributed by atoms with Crippen LogP contribution < -0.4 is 10.2 Å². The van der Waals surface area contributed by atoms with Crippen molar-refractivity contribution in [1.82, 2.24) is 19.9 Å². The molecule has 1 spiro atoms. The molecule has 1 amide bonds. The molecule has 8 nitrogen and oxygen atoms in total. The second-order valence-electron chi connectivity index (χ2n) is 12.7. The number of pyridine rings is 1. The summed E-state index contributed by atoms with van der Waals surface area (Å²) >= 11 is 0. The first kappa shape index (κ1) is 23.9. The fourth-order valence-corrected chi connectivity index (χ4v) is 7.08. The number of nitrogens with zero attached hydrogens (tertiary/aromatic N) is 4. The predicted octanol–water partition coefficient (Wildman–Crippen LogP) is 4.70. The summed E-state index contributed by atoms with van der Waals surface area (Å²) in [6.45, 7) is 10.1. The topological polar surface area (TPSA) is 81.0 Å². The van der Waals surface area contributed by atoms with E-state index in [4.69, 9.17) is 19.6 Å². The minimum atomic E-state index is -0.717. The molecule has 5 fully saturated rings. The number of ether oxygens (including phenoxy) is 2. The van der Waals surface area contributed by atoms with Gasteiger partial charge in [-0.3, -0.25) is 0 Å². The van der Waals surface area contributed by atoms with Crippen LogP contribution in [0.25, 0.3) is 5.65 Å². The molecule has 2 saturated carbocycles. The van der Waals surface area contributed by atoms with Crippen molar-refractivity contribution >= 4 is 17.4 Å². The maximum absolute atomic E-state index is 13.8. The summed E-state index contributed by atoms with van der Waals surface area (Å²) in [7, 11) is 0. The lowest BCUT2D eigenvalue weighted by atomic mass is 9.53. The highest BCUT2D eigenvalue weighted by Crippen LogP contribution is 2.59. The lowest BCUT2D eigenvalue weighted by Crippen LogP contribution is -2.63. The minimum Gasteiger partial charge on any atom is -0.444 e. The molecule has 5 heterocycles. The molecule has 9 heteroatoms. The number of anilines is 1. The Hall–Kier alpha value is -3.20. The highest BCUT2D eigenvalue weighted by Gasteiger charge is 2.65.